The molecule has 2 amide bonds. The van der Waals surface area contributed by atoms with E-state index in [0.29, 0.717) is 16.5 Å². The van der Waals surface area contributed by atoms with E-state index >= 15 is 0 Å². The van der Waals surface area contributed by atoms with E-state index in [1.54, 1.807) is 24.4 Å². The van der Waals surface area contributed by atoms with Crippen LogP contribution >= 0.6 is 11.6 Å². The van der Waals surface area contributed by atoms with Crippen molar-refractivity contribution < 1.29 is 9.53 Å². The number of nitrogens with one attached hydrogen (secondary N) is 2. The normalized spacial score (nSPS) is 9.41. The van der Waals surface area contributed by atoms with E-state index < -0.39 is 0 Å². The molecular formula is C12H15ClN2O2. The van der Waals surface area contributed by atoms with E-state index in [1.165, 1.54) is 7.11 Å². The summed E-state index contributed by atoms with van der Waals surface area (Å²) in [4.78, 5) is 11.4. The Hall–Kier alpha value is -1.68. The van der Waals surface area contributed by atoms with Crippen LogP contribution in [0.3, 0.4) is 0 Å². The van der Waals surface area contributed by atoms with Crippen molar-refractivity contribution in [1.82, 2.24) is 5.32 Å². The molecule has 0 aliphatic carbocycles. The number of urea groups is 1. The van der Waals surface area contributed by atoms with Gasteiger partial charge in [0.05, 0.1) is 12.1 Å². The van der Waals surface area contributed by atoms with Crippen LogP contribution in [-0.4, -0.2) is 13.1 Å². The van der Waals surface area contributed by atoms with Crippen LogP contribution in [0, 0.1) is 0 Å². The predicted octanol–water partition coefficient (Wildman–Crippen LogP) is 3.39. The van der Waals surface area contributed by atoms with Gasteiger partial charge in [-0.05, 0) is 32.0 Å². The number of hydrogen-bond donors (Lipinski definition) is 2. The molecule has 1 aromatic carbocycles. The van der Waals surface area contributed by atoms with E-state index in [1.807, 2.05) is 13.8 Å². The Morgan fingerprint density at radius 2 is 2.12 bits per heavy atom. The van der Waals surface area contributed by atoms with Crippen LogP contribution in [0.25, 0.3) is 0 Å². The first kappa shape index (κ1) is 13.4. The number of hydrogen-bond acceptors (Lipinski definition) is 2. The Balaban J connectivity index is 2.66. The largest absolute Gasteiger partial charge is 0.495 e. The molecule has 0 aliphatic rings. The van der Waals surface area contributed by atoms with E-state index in [9.17, 15) is 4.79 Å². The van der Waals surface area contributed by atoms with Crippen LogP contribution in [0.2, 0.25) is 5.02 Å². The number of benzene rings is 1. The molecule has 0 fully saturated rings. The van der Waals surface area contributed by atoms with E-state index in [-0.39, 0.29) is 6.03 Å². The first-order chi connectivity index (χ1) is 8.02. The van der Waals surface area contributed by atoms with E-state index in [2.05, 4.69) is 10.6 Å². The van der Waals surface area contributed by atoms with Gasteiger partial charge in [0.1, 0.15) is 5.75 Å². The second kappa shape index (κ2) is 6.15. The van der Waals surface area contributed by atoms with Crippen molar-refractivity contribution >= 4 is 23.3 Å². The van der Waals surface area contributed by atoms with Crippen molar-refractivity contribution in [3.8, 4) is 5.75 Å². The summed E-state index contributed by atoms with van der Waals surface area (Å²) in [7, 11) is 1.54. The van der Waals surface area contributed by atoms with Crippen molar-refractivity contribution in [3.63, 3.8) is 0 Å². The molecule has 17 heavy (non-hydrogen) atoms. The third-order valence-electron chi connectivity index (χ3n) is 1.90. The van der Waals surface area contributed by atoms with Crippen LogP contribution in [0.15, 0.2) is 30.0 Å². The van der Waals surface area contributed by atoms with Gasteiger partial charge in [-0.3, -0.25) is 0 Å². The van der Waals surface area contributed by atoms with Gasteiger partial charge in [0.2, 0.25) is 0 Å². The lowest BCUT2D eigenvalue weighted by Gasteiger charge is -2.07. The van der Waals surface area contributed by atoms with Crippen molar-refractivity contribution in [1.29, 1.82) is 0 Å². The summed E-state index contributed by atoms with van der Waals surface area (Å²) >= 11 is 5.93. The maximum absolute atomic E-state index is 11.4. The molecule has 4 nitrogen and oxygen atoms in total. The molecule has 0 spiro atoms. The highest BCUT2D eigenvalue weighted by Gasteiger charge is 2.04. The Morgan fingerprint density at radius 1 is 1.41 bits per heavy atom. The summed E-state index contributed by atoms with van der Waals surface area (Å²) in [5.74, 6) is 0.571. The lowest BCUT2D eigenvalue weighted by atomic mass is 10.3. The standard InChI is InChI=1S/C12H15ClN2O2/c1-8(2)7-14-12(16)15-9-4-5-11(17-3)10(13)6-9/h4-7H,1-3H3,(H2,14,15,16). The SMILES string of the molecule is COc1ccc(NC(=O)NC=C(C)C)cc1Cl. The molecule has 0 aliphatic heterocycles. The molecule has 5 heteroatoms. The third-order valence-corrected chi connectivity index (χ3v) is 2.20. The highest BCUT2D eigenvalue weighted by atomic mass is 35.5. The quantitative estimate of drug-likeness (QED) is 0.869. The summed E-state index contributed by atoms with van der Waals surface area (Å²) in [5, 5.41) is 5.70. The lowest BCUT2D eigenvalue weighted by molar-refractivity contribution is 0.255. The second-order valence-electron chi connectivity index (χ2n) is 3.67. The van der Waals surface area contributed by atoms with Gasteiger partial charge >= 0.3 is 6.03 Å². The molecule has 0 unspecified atom stereocenters. The number of anilines is 1. The fourth-order valence-corrected chi connectivity index (χ4v) is 1.38. The van der Waals surface area contributed by atoms with Crippen molar-refractivity contribution in [2.24, 2.45) is 0 Å². The first-order valence-corrected chi connectivity index (χ1v) is 5.45. The monoisotopic (exact) mass is 254 g/mol. The smallest absolute Gasteiger partial charge is 0.323 e. The van der Waals surface area contributed by atoms with Crippen molar-refractivity contribution in [2.75, 3.05) is 12.4 Å². The topological polar surface area (TPSA) is 50.4 Å². The Labute approximate surface area is 106 Å². The number of carbonyl (C=O) groups is 1. The zero-order valence-corrected chi connectivity index (χ0v) is 10.8. The summed E-state index contributed by atoms with van der Waals surface area (Å²) in [5.41, 5.74) is 1.61. The van der Waals surface area contributed by atoms with Gasteiger partial charge in [-0.25, -0.2) is 4.79 Å². The second-order valence-corrected chi connectivity index (χ2v) is 4.08. The molecule has 0 saturated heterocycles. The van der Waals surface area contributed by atoms with Gasteiger partial charge in [-0.15, -0.1) is 0 Å². The average Bonchev–Trinajstić information content (AvgIpc) is 2.26. The van der Waals surface area contributed by atoms with E-state index in [4.69, 9.17) is 16.3 Å². The highest BCUT2D eigenvalue weighted by Crippen LogP contribution is 2.26. The molecule has 0 heterocycles. The van der Waals surface area contributed by atoms with Gasteiger partial charge in [0, 0.05) is 11.9 Å². The Kier molecular flexibility index (Phi) is 4.84. The summed E-state index contributed by atoms with van der Waals surface area (Å²) in [6.07, 6.45) is 1.63. The number of amides is 2. The zero-order chi connectivity index (χ0) is 12.8. The number of carbonyl (C=O) groups excluding carboxylic acids is 1. The molecular weight excluding hydrogens is 240 g/mol. The molecule has 1 aromatic rings. The van der Waals surface area contributed by atoms with Gasteiger partial charge in [-0.2, -0.15) is 0 Å². The minimum atomic E-state index is -0.313. The Bertz CT molecular complexity index is 440. The van der Waals surface area contributed by atoms with Crippen LogP contribution < -0.4 is 15.4 Å². The minimum absolute atomic E-state index is 0.313. The Morgan fingerprint density at radius 3 is 2.65 bits per heavy atom. The summed E-state index contributed by atoms with van der Waals surface area (Å²) in [6.45, 7) is 3.79. The van der Waals surface area contributed by atoms with Crippen LogP contribution in [0.1, 0.15) is 13.8 Å². The summed E-state index contributed by atoms with van der Waals surface area (Å²) < 4.78 is 5.01. The van der Waals surface area contributed by atoms with Crippen LogP contribution in [0.4, 0.5) is 10.5 Å². The molecule has 0 atom stereocenters. The molecule has 2 N–H and O–H groups in total. The number of methoxy groups -OCH3 is 1. The fraction of sp³-hybridized carbons (Fsp3) is 0.250. The number of halogens is 1. The lowest BCUT2D eigenvalue weighted by Crippen LogP contribution is -2.24. The minimum Gasteiger partial charge on any atom is -0.495 e. The molecule has 0 saturated carbocycles. The maximum atomic E-state index is 11.4. The van der Waals surface area contributed by atoms with Crippen molar-refractivity contribution in [2.45, 2.75) is 13.8 Å². The molecule has 92 valence electrons. The van der Waals surface area contributed by atoms with E-state index in [0.717, 1.165) is 5.57 Å². The van der Waals surface area contributed by atoms with Crippen LogP contribution in [0.5, 0.6) is 5.75 Å². The highest BCUT2D eigenvalue weighted by molar-refractivity contribution is 6.32. The van der Waals surface area contributed by atoms with Gasteiger partial charge < -0.3 is 15.4 Å². The molecule has 0 aromatic heterocycles. The number of rotatable bonds is 3. The first-order valence-electron chi connectivity index (χ1n) is 5.07. The predicted molar refractivity (Wildman–Crippen MR) is 69.6 cm³/mol. The van der Waals surface area contributed by atoms with Gasteiger partial charge in [0.15, 0.2) is 0 Å². The fourth-order valence-electron chi connectivity index (χ4n) is 1.12. The number of allylic oxidation sites excluding steroid dienone is 1. The summed E-state index contributed by atoms with van der Waals surface area (Å²) in [6, 6.07) is 4.72. The molecule has 0 bridgehead atoms. The third kappa shape index (κ3) is 4.36. The number of ether oxygens (including phenoxy) is 1. The van der Waals surface area contributed by atoms with Gasteiger partial charge in [0.25, 0.3) is 0 Å². The zero-order valence-electron chi connectivity index (χ0n) is 10.0. The molecule has 1 rings (SSSR count). The van der Waals surface area contributed by atoms with Crippen LogP contribution in [-0.2, 0) is 0 Å². The average molecular weight is 255 g/mol. The van der Waals surface area contributed by atoms with Crippen molar-refractivity contribution in [3.05, 3.63) is 35.0 Å². The molecule has 0 radical (unpaired) electrons. The maximum Gasteiger partial charge on any atom is 0.323 e. The van der Waals surface area contributed by atoms with Gasteiger partial charge in [-0.1, -0.05) is 17.2 Å².